The van der Waals surface area contributed by atoms with E-state index in [0.29, 0.717) is 24.0 Å². The molecule has 1 saturated carbocycles. The number of pyridine rings is 1. The van der Waals surface area contributed by atoms with Crippen molar-refractivity contribution < 1.29 is 17.9 Å². The van der Waals surface area contributed by atoms with E-state index in [1.807, 2.05) is 6.07 Å². The van der Waals surface area contributed by atoms with Crippen molar-refractivity contribution >= 4 is 28.3 Å². The Kier molecular flexibility index (Phi) is 5.12. The number of aromatic nitrogens is 1. The molecule has 0 bridgehead atoms. The molecule has 1 atom stereocenters. The fraction of sp³-hybridized carbons (Fsp3) is 0.318. The Morgan fingerprint density at radius 2 is 2.03 bits per heavy atom. The maximum absolute atomic E-state index is 14.8. The first-order valence-corrected chi connectivity index (χ1v) is 11.5. The standard InChI is InChI=1S/C22H22F2N4O2S/c1-21(13-31(29,30)22(7-2-8-22)20(26)28-21)16-9-14(3-5-17(16)23)10-18(24)19-6-4-15(11-25)12-27-19/h3-6,9-10,12,29-30H,2,7-8,13H2,1H3,(H2,26,28). The third-order valence-corrected chi connectivity index (χ3v) is 8.94. The summed E-state index contributed by atoms with van der Waals surface area (Å²) in [4.78, 5) is 8.42. The zero-order chi connectivity index (χ0) is 22.4. The van der Waals surface area contributed by atoms with Crippen LogP contribution in [0, 0.1) is 17.1 Å². The highest BCUT2D eigenvalue weighted by atomic mass is 32.3. The maximum Gasteiger partial charge on any atom is 0.149 e. The van der Waals surface area contributed by atoms with E-state index in [9.17, 15) is 17.9 Å². The van der Waals surface area contributed by atoms with Crippen LogP contribution in [0.5, 0.6) is 0 Å². The van der Waals surface area contributed by atoms with Crippen LogP contribution < -0.4 is 5.73 Å². The highest BCUT2D eigenvalue weighted by Gasteiger charge is 2.57. The van der Waals surface area contributed by atoms with Gasteiger partial charge in [-0.2, -0.15) is 15.9 Å². The van der Waals surface area contributed by atoms with Crippen LogP contribution in [0.4, 0.5) is 8.78 Å². The second-order valence-electron chi connectivity index (χ2n) is 8.21. The molecule has 0 radical (unpaired) electrons. The quantitative estimate of drug-likeness (QED) is 0.628. The Labute approximate surface area is 180 Å². The van der Waals surface area contributed by atoms with Gasteiger partial charge in [0.1, 0.15) is 33.8 Å². The molecule has 0 saturated heterocycles. The van der Waals surface area contributed by atoms with Crippen molar-refractivity contribution in [2.24, 2.45) is 10.7 Å². The lowest BCUT2D eigenvalue weighted by molar-refractivity contribution is 0.341. The van der Waals surface area contributed by atoms with Crippen LogP contribution in [0.25, 0.3) is 11.9 Å². The number of halogens is 2. The Hall–Kier alpha value is -2.80. The average Bonchev–Trinajstić information content (AvgIpc) is 2.67. The van der Waals surface area contributed by atoms with Gasteiger partial charge in [-0.05, 0) is 62.1 Å². The highest BCUT2D eigenvalue weighted by Crippen LogP contribution is 2.66. The second kappa shape index (κ2) is 7.41. The van der Waals surface area contributed by atoms with Crippen LogP contribution in [-0.4, -0.2) is 30.4 Å². The van der Waals surface area contributed by atoms with Crippen LogP contribution >= 0.6 is 10.6 Å². The molecule has 9 heteroatoms. The monoisotopic (exact) mass is 444 g/mol. The van der Waals surface area contributed by atoms with E-state index in [1.54, 1.807) is 6.92 Å². The van der Waals surface area contributed by atoms with Crippen LogP contribution in [0.1, 0.15) is 48.6 Å². The lowest BCUT2D eigenvalue weighted by Gasteiger charge is -2.60. The number of amidine groups is 1. The zero-order valence-electron chi connectivity index (χ0n) is 16.8. The molecule has 162 valence electrons. The summed E-state index contributed by atoms with van der Waals surface area (Å²) in [7, 11) is -3.14. The van der Waals surface area contributed by atoms with Crippen LogP contribution in [0.3, 0.4) is 0 Å². The number of rotatable bonds is 3. The summed E-state index contributed by atoms with van der Waals surface area (Å²) < 4.78 is 50.3. The number of benzene rings is 1. The molecule has 1 aromatic carbocycles. The molecule has 1 aromatic heterocycles. The van der Waals surface area contributed by atoms with Crippen molar-refractivity contribution in [2.75, 3.05) is 5.75 Å². The third-order valence-electron chi connectivity index (χ3n) is 6.10. The number of nitrogens with two attached hydrogens (primary N) is 1. The molecule has 4 N–H and O–H groups in total. The highest BCUT2D eigenvalue weighted by molar-refractivity contribution is 8.26. The Bertz CT molecular complexity index is 1140. The predicted octanol–water partition coefficient (Wildman–Crippen LogP) is 4.82. The molecule has 4 rings (SSSR count). The number of nitrogens with zero attached hydrogens (tertiary/aromatic N) is 3. The first kappa shape index (κ1) is 21.4. The van der Waals surface area contributed by atoms with Gasteiger partial charge in [-0.15, -0.1) is 0 Å². The minimum Gasteiger partial charge on any atom is -0.386 e. The molecule has 0 amide bonds. The summed E-state index contributed by atoms with van der Waals surface area (Å²) in [5.74, 6) is -1.25. The van der Waals surface area contributed by atoms with Crippen LogP contribution in [-0.2, 0) is 5.54 Å². The molecule has 1 unspecified atom stereocenters. The topological polar surface area (TPSA) is 116 Å². The first-order chi connectivity index (χ1) is 14.6. The molecule has 2 aliphatic rings. The molecule has 31 heavy (non-hydrogen) atoms. The van der Waals surface area contributed by atoms with E-state index in [-0.39, 0.29) is 22.8 Å². The van der Waals surface area contributed by atoms with Crippen molar-refractivity contribution in [1.29, 1.82) is 5.26 Å². The summed E-state index contributed by atoms with van der Waals surface area (Å²) in [5.41, 5.74) is 5.68. The molecule has 1 spiro atoms. The van der Waals surface area contributed by atoms with Gasteiger partial charge in [0.05, 0.1) is 17.0 Å². The van der Waals surface area contributed by atoms with Crippen molar-refractivity contribution in [3.05, 3.63) is 64.7 Å². The maximum atomic E-state index is 14.8. The van der Waals surface area contributed by atoms with Crippen LogP contribution in [0.2, 0.25) is 0 Å². The fourth-order valence-corrected chi connectivity index (χ4v) is 6.79. The number of aliphatic imine (C=N–C) groups is 1. The van der Waals surface area contributed by atoms with Gasteiger partial charge < -0.3 is 5.73 Å². The van der Waals surface area contributed by atoms with Crippen molar-refractivity contribution in [1.82, 2.24) is 4.98 Å². The summed E-state index contributed by atoms with van der Waals surface area (Å²) in [6.45, 7) is 1.60. The summed E-state index contributed by atoms with van der Waals surface area (Å²) >= 11 is 0. The molecular weight excluding hydrogens is 422 g/mol. The van der Waals surface area contributed by atoms with Gasteiger partial charge in [-0.1, -0.05) is 6.07 Å². The minimum absolute atomic E-state index is 0.0390. The van der Waals surface area contributed by atoms with Crippen molar-refractivity contribution in [3.63, 3.8) is 0 Å². The van der Waals surface area contributed by atoms with Gasteiger partial charge in [0.15, 0.2) is 0 Å². The van der Waals surface area contributed by atoms with E-state index in [4.69, 9.17) is 11.0 Å². The van der Waals surface area contributed by atoms with E-state index < -0.39 is 32.5 Å². The summed E-state index contributed by atoms with van der Waals surface area (Å²) in [6, 6.07) is 8.79. The normalized spacial score (nSPS) is 25.3. The summed E-state index contributed by atoms with van der Waals surface area (Å²) in [6.07, 6.45) is 4.40. The lowest BCUT2D eigenvalue weighted by atomic mass is 9.82. The first-order valence-electron chi connectivity index (χ1n) is 9.75. The summed E-state index contributed by atoms with van der Waals surface area (Å²) in [5, 5.41) is 8.83. The van der Waals surface area contributed by atoms with Gasteiger partial charge in [0, 0.05) is 11.8 Å². The van der Waals surface area contributed by atoms with Crippen LogP contribution in [0.15, 0.2) is 41.5 Å². The average molecular weight is 445 g/mol. The lowest BCUT2D eigenvalue weighted by Crippen LogP contribution is -2.59. The molecule has 1 aliphatic heterocycles. The van der Waals surface area contributed by atoms with Gasteiger partial charge in [-0.25, -0.2) is 8.78 Å². The molecule has 6 nitrogen and oxygen atoms in total. The van der Waals surface area contributed by atoms with E-state index in [2.05, 4.69) is 9.98 Å². The Morgan fingerprint density at radius 3 is 2.58 bits per heavy atom. The zero-order valence-corrected chi connectivity index (χ0v) is 17.7. The second-order valence-corrected chi connectivity index (χ2v) is 10.6. The van der Waals surface area contributed by atoms with Gasteiger partial charge >= 0.3 is 0 Å². The van der Waals surface area contributed by atoms with Gasteiger partial charge in [0.2, 0.25) is 0 Å². The molecule has 1 fully saturated rings. The molecule has 1 aliphatic carbocycles. The van der Waals surface area contributed by atoms with E-state index >= 15 is 0 Å². The van der Waals surface area contributed by atoms with Crippen molar-refractivity contribution in [2.45, 2.75) is 36.5 Å². The number of hydrogen-bond donors (Lipinski definition) is 3. The number of hydrogen-bond acceptors (Lipinski definition) is 6. The van der Waals surface area contributed by atoms with Gasteiger partial charge in [-0.3, -0.25) is 19.1 Å². The Morgan fingerprint density at radius 1 is 1.29 bits per heavy atom. The molecular formula is C22H22F2N4O2S. The Balaban J connectivity index is 1.72. The number of nitriles is 1. The largest absolute Gasteiger partial charge is 0.386 e. The van der Waals surface area contributed by atoms with E-state index in [0.717, 1.165) is 6.42 Å². The van der Waals surface area contributed by atoms with Crippen molar-refractivity contribution in [3.8, 4) is 6.07 Å². The van der Waals surface area contributed by atoms with Gasteiger partial charge in [0.25, 0.3) is 0 Å². The van der Waals surface area contributed by atoms with E-state index in [1.165, 1.54) is 42.6 Å². The predicted molar refractivity (Wildman–Crippen MR) is 118 cm³/mol. The minimum atomic E-state index is -3.14. The SMILES string of the molecule is CC1(c2cc(C=C(F)c3ccc(C#N)cn3)ccc2F)CS(O)(O)C2(CCC2)C(N)=N1. The molecule has 2 aromatic rings. The fourth-order valence-electron chi connectivity index (χ4n) is 4.18. The molecule has 2 heterocycles. The smallest absolute Gasteiger partial charge is 0.149 e. The third kappa shape index (κ3) is 3.51.